The molecule has 0 fully saturated rings. The van der Waals surface area contributed by atoms with Crippen LogP contribution in [0.1, 0.15) is 0 Å². The lowest BCUT2D eigenvalue weighted by atomic mass is 10.3. The van der Waals surface area contributed by atoms with E-state index in [4.69, 9.17) is 0 Å². The largest absolute Gasteiger partial charge is 0.340 e. The van der Waals surface area contributed by atoms with E-state index in [1.807, 2.05) is 0 Å². The Morgan fingerprint density at radius 2 is 2.16 bits per heavy atom. The van der Waals surface area contributed by atoms with Crippen LogP contribution in [0.2, 0.25) is 0 Å². The third-order valence-electron chi connectivity index (χ3n) is 2.38. The van der Waals surface area contributed by atoms with Crippen LogP contribution in [0.3, 0.4) is 0 Å². The lowest BCUT2D eigenvalue weighted by Crippen LogP contribution is -1.96. The van der Waals surface area contributed by atoms with Gasteiger partial charge < -0.3 is 5.32 Å². The number of benzene rings is 1. The van der Waals surface area contributed by atoms with Gasteiger partial charge in [0.2, 0.25) is 0 Å². The summed E-state index contributed by atoms with van der Waals surface area (Å²) in [5.74, 6) is 0.0984. The summed E-state index contributed by atoms with van der Waals surface area (Å²) in [4.78, 5) is 14.4. The Kier molecular flexibility index (Phi) is 3.96. The van der Waals surface area contributed by atoms with E-state index in [1.165, 1.54) is 30.0 Å². The van der Waals surface area contributed by atoms with Gasteiger partial charge in [0.1, 0.15) is 17.8 Å². The highest BCUT2D eigenvalue weighted by Crippen LogP contribution is 2.24. The van der Waals surface area contributed by atoms with Gasteiger partial charge in [-0.3, -0.25) is 10.1 Å². The van der Waals surface area contributed by atoms with Gasteiger partial charge in [-0.1, -0.05) is 0 Å². The quantitative estimate of drug-likeness (QED) is 0.526. The van der Waals surface area contributed by atoms with Crippen molar-refractivity contribution in [2.45, 2.75) is 4.90 Å². The smallest absolute Gasteiger partial charge is 0.287 e. The van der Waals surface area contributed by atoms with Crippen molar-refractivity contribution in [1.82, 2.24) is 4.98 Å². The highest BCUT2D eigenvalue weighted by molar-refractivity contribution is 7.98. The Labute approximate surface area is 113 Å². The van der Waals surface area contributed by atoms with Crippen molar-refractivity contribution in [3.8, 4) is 0 Å². The molecular weight excluding hydrogens is 269 g/mol. The Morgan fingerprint density at radius 3 is 2.68 bits per heavy atom. The highest BCUT2D eigenvalue weighted by Gasteiger charge is 2.06. The van der Waals surface area contributed by atoms with Gasteiger partial charge >= 0.3 is 0 Å². The molecule has 2 rings (SSSR count). The molecule has 0 saturated heterocycles. The molecule has 0 aliphatic carbocycles. The van der Waals surface area contributed by atoms with Gasteiger partial charge in [0.25, 0.3) is 5.69 Å². The summed E-state index contributed by atoms with van der Waals surface area (Å²) in [7, 11) is 0. The van der Waals surface area contributed by atoms with Gasteiger partial charge in [0.05, 0.1) is 4.92 Å². The molecule has 0 amide bonds. The summed E-state index contributed by atoms with van der Waals surface area (Å²) in [6.45, 7) is 0. The lowest BCUT2D eigenvalue weighted by Gasteiger charge is -2.06. The number of rotatable bonds is 4. The number of hydrogen-bond acceptors (Lipinski definition) is 5. The number of nitrogens with zero attached hydrogens (tertiary/aromatic N) is 2. The van der Waals surface area contributed by atoms with Crippen molar-refractivity contribution in [3.05, 3.63) is 52.5 Å². The first-order valence-corrected chi connectivity index (χ1v) is 6.53. The van der Waals surface area contributed by atoms with Gasteiger partial charge in [-0.05, 0) is 30.5 Å². The SMILES string of the molecule is CSc1ccc(Nc2ccc([N+](=O)[O-])cn2)cc1F. The molecule has 0 spiro atoms. The summed E-state index contributed by atoms with van der Waals surface area (Å²) in [5, 5.41) is 13.4. The number of thioether (sulfide) groups is 1. The minimum atomic E-state index is -0.524. The summed E-state index contributed by atoms with van der Waals surface area (Å²) in [6.07, 6.45) is 2.94. The van der Waals surface area contributed by atoms with Crippen LogP contribution in [0.15, 0.2) is 41.4 Å². The second-order valence-corrected chi connectivity index (χ2v) is 4.48. The van der Waals surface area contributed by atoms with E-state index in [9.17, 15) is 14.5 Å². The minimum Gasteiger partial charge on any atom is -0.340 e. The van der Waals surface area contributed by atoms with Gasteiger partial charge in [0.15, 0.2) is 0 Å². The summed E-state index contributed by atoms with van der Waals surface area (Å²) >= 11 is 1.32. The number of hydrogen-bond donors (Lipinski definition) is 1. The van der Waals surface area contributed by atoms with Crippen molar-refractivity contribution in [3.63, 3.8) is 0 Å². The zero-order chi connectivity index (χ0) is 13.8. The first kappa shape index (κ1) is 13.3. The molecule has 0 bridgehead atoms. The topological polar surface area (TPSA) is 68.1 Å². The van der Waals surface area contributed by atoms with Crippen molar-refractivity contribution in [1.29, 1.82) is 0 Å². The Bertz CT molecular complexity index is 604. The maximum Gasteiger partial charge on any atom is 0.287 e. The number of nitrogens with one attached hydrogen (secondary N) is 1. The van der Waals surface area contributed by atoms with E-state index in [0.717, 1.165) is 6.20 Å². The van der Waals surface area contributed by atoms with Crippen LogP contribution in [0.5, 0.6) is 0 Å². The molecule has 2 aromatic rings. The van der Waals surface area contributed by atoms with Crippen LogP contribution in [0, 0.1) is 15.9 Å². The molecule has 0 unspecified atom stereocenters. The number of pyridine rings is 1. The first-order chi connectivity index (χ1) is 9.10. The molecule has 1 aromatic carbocycles. The van der Waals surface area contributed by atoms with Gasteiger partial charge in [-0.2, -0.15) is 0 Å². The maximum absolute atomic E-state index is 13.6. The van der Waals surface area contributed by atoms with Crippen LogP contribution in [0.25, 0.3) is 0 Å². The molecular formula is C12H10FN3O2S. The van der Waals surface area contributed by atoms with Gasteiger partial charge in [-0.25, -0.2) is 9.37 Å². The number of aromatic nitrogens is 1. The molecule has 0 radical (unpaired) electrons. The van der Waals surface area contributed by atoms with E-state index in [2.05, 4.69) is 10.3 Å². The Morgan fingerprint density at radius 1 is 1.37 bits per heavy atom. The third kappa shape index (κ3) is 3.19. The Balaban J connectivity index is 2.16. The second-order valence-electron chi connectivity index (χ2n) is 3.63. The number of nitro groups is 1. The molecule has 5 nitrogen and oxygen atoms in total. The fourth-order valence-corrected chi connectivity index (χ4v) is 1.92. The zero-order valence-electron chi connectivity index (χ0n) is 9.96. The van der Waals surface area contributed by atoms with Crippen LogP contribution in [-0.4, -0.2) is 16.2 Å². The second kappa shape index (κ2) is 5.66. The standard InChI is InChI=1S/C12H10FN3O2S/c1-19-11-4-2-8(6-10(11)13)15-12-5-3-9(7-14-12)16(17)18/h2-7H,1H3,(H,14,15). The predicted molar refractivity (Wildman–Crippen MR) is 72.4 cm³/mol. The minimum absolute atomic E-state index is 0.0885. The first-order valence-electron chi connectivity index (χ1n) is 5.31. The number of anilines is 2. The summed E-state index contributed by atoms with van der Waals surface area (Å²) < 4.78 is 13.6. The molecule has 0 saturated carbocycles. The van der Waals surface area contributed by atoms with Gasteiger partial charge in [0, 0.05) is 16.6 Å². The third-order valence-corrected chi connectivity index (χ3v) is 3.15. The normalized spacial score (nSPS) is 10.2. The van der Waals surface area contributed by atoms with E-state index in [1.54, 1.807) is 18.4 Å². The monoisotopic (exact) mass is 279 g/mol. The molecule has 19 heavy (non-hydrogen) atoms. The lowest BCUT2D eigenvalue weighted by molar-refractivity contribution is -0.385. The van der Waals surface area contributed by atoms with Crippen LogP contribution in [0.4, 0.5) is 21.6 Å². The van der Waals surface area contributed by atoms with Crippen LogP contribution < -0.4 is 5.32 Å². The highest BCUT2D eigenvalue weighted by atomic mass is 32.2. The Hall–Kier alpha value is -2.15. The van der Waals surface area contributed by atoms with Crippen molar-refractivity contribution >= 4 is 29.0 Å². The van der Waals surface area contributed by atoms with Crippen LogP contribution >= 0.6 is 11.8 Å². The average molecular weight is 279 g/mol. The average Bonchev–Trinajstić information content (AvgIpc) is 2.39. The maximum atomic E-state index is 13.6. The van der Waals surface area contributed by atoms with Gasteiger partial charge in [-0.15, -0.1) is 11.8 Å². The van der Waals surface area contributed by atoms with Crippen molar-refractivity contribution < 1.29 is 9.31 Å². The predicted octanol–water partition coefficient (Wildman–Crippen LogP) is 3.59. The zero-order valence-corrected chi connectivity index (χ0v) is 10.8. The molecule has 98 valence electrons. The molecule has 0 aliphatic rings. The fraction of sp³-hybridized carbons (Fsp3) is 0.0833. The number of halogens is 1. The van der Waals surface area contributed by atoms with E-state index >= 15 is 0 Å². The fourth-order valence-electron chi connectivity index (χ4n) is 1.46. The molecule has 0 atom stereocenters. The molecule has 0 aliphatic heterocycles. The molecule has 7 heteroatoms. The van der Waals surface area contributed by atoms with E-state index < -0.39 is 4.92 Å². The summed E-state index contributed by atoms with van der Waals surface area (Å²) in [5.41, 5.74) is 0.450. The summed E-state index contributed by atoms with van der Waals surface area (Å²) in [6, 6.07) is 7.54. The van der Waals surface area contributed by atoms with E-state index in [-0.39, 0.29) is 11.5 Å². The van der Waals surface area contributed by atoms with E-state index in [0.29, 0.717) is 16.4 Å². The van der Waals surface area contributed by atoms with Crippen molar-refractivity contribution in [2.24, 2.45) is 0 Å². The van der Waals surface area contributed by atoms with Crippen LogP contribution in [-0.2, 0) is 0 Å². The molecule has 1 aromatic heterocycles. The molecule has 1 N–H and O–H groups in total. The molecule has 1 heterocycles. The van der Waals surface area contributed by atoms with Crippen molar-refractivity contribution in [2.75, 3.05) is 11.6 Å².